The number of hydrazone groups is 1. The molecule has 1 heterocycles. The summed E-state index contributed by atoms with van der Waals surface area (Å²) in [5.41, 5.74) is -4.73. The van der Waals surface area contributed by atoms with E-state index in [4.69, 9.17) is 27.9 Å². The maximum atomic E-state index is 13.6. The number of benzene rings is 3. The van der Waals surface area contributed by atoms with Crippen molar-refractivity contribution in [2.45, 2.75) is 37.3 Å². The standard InChI is InChI=1S/C26H20Cl2F6N2O2/c1-2-38-19-5-3-4-17(12-19)15-6-8-16(9-7-15)22-14-23(24(37,25(29,30)31)26(32,33)34)35-36(22)21-11-10-18(27)13-20(21)28/h3-13,22,37H,2,14H2,1H3. The molecule has 202 valence electrons. The van der Waals surface area contributed by atoms with Crippen LogP contribution in [0.2, 0.25) is 10.0 Å². The summed E-state index contributed by atoms with van der Waals surface area (Å²) in [7, 11) is 0. The third-order valence-electron chi connectivity index (χ3n) is 6.08. The molecule has 0 fully saturated rings. The lowest BCUT2D eigenvalue weighted by molar-refractivity contribution is -0.338. The number of hydrogen-bond donors (Lipinski definition) is 1. The Morgan fingerprint density at radius 2 is 1.58 bits per heavy atom. The second-order valence-electron chi connectivity index (χ2n) is 8.50. The molecule has 0 saturated carbocycles. The summed E-state index contributed by atoms with van der Waals surface area (Å²) >= 11 is 12.2. The van der Waals surface area contributed by atoms with E-state index in [0.717, 1.165) is 16.1 Å². The molecule has 0 radical (unpaired) electrons. The molecule has 1 N–H and O–H groups in total. The maximum Gasteiger partial charge on any atom is 0.431 e. The van der Waals surface area contributed by atoms with Crippen LogP contribution in [0.5, 0.6) is 5.75 Å². The first-order valence-electron chi connectivity index (χ1n) is 11.3. The second-order valence-corrected chi connectivity index (χ2v) is 9.34. The fraction of sp³-hybridized carbons (Fsp3) is 0.269. The molecule has 12 heteroatoms. The third-order valence-corrected chi connectivity index (χ3v) is 6.62. The summed E-state index contributed by atoms with van der Waals surface area (Å²) in [4.78, 5) is 0. The highest BCUT2D eigenvalue weighted by atomic mass is 35.5. The van der Waals surface area contributed by atoms with Gasteiger partial charge in [-0.05, 0) is 53.9 Å². The SMILES string of the molecule is CCOc1cccc(-c2ccc(C3CC(C(O)(C(F)(F)F)C(F)(F)F)=NN3c3ccc(Cl)cc3Cl)cc2)c1. The van der Waals surface area contributed by atoms with Gasteiger partial charge in [-0.2, -0.15) is 31.4 Å². The Balaban J connectivity index is 1.77. The molecule has 3 aromatic carbocycles. The fourth-order valence-electron chi connectivity index (χ4n) is 4.20. The number of aliphatic hydroxyl groups is 1. The van der Waals surface area contributed by atoms with Gasteiger partial charge in [0.15, 0.2) is 0 Å². The van der Waals surface area contributed by atoms with E-state index in [1.807, 2.05) is 19.1 Å². The van der Waals surface area contributed by atoms with Gasteiger partial charge in [0.05, 0.1) is 29.1 Å². The highest BCUT2D eigenvalue weighted by Gasteiger charge is 2.74. The molecular weight excluding hydrogens is 557 g/mol. The first kappa shape index (κ1) is 28.1. The number of rotatable bonds is 6. The molecule has 1 unspecified atom stereocenters. The van der Waals surface area contributed by atoms with Gasteiger partial charge in [0.1, 0.15) is 5.75 Å². The van der Waals surface area contributed by atoms with Crippen LogP contribution in [0.25, 0.3) is 11.1 Å². The molecule has 1 aliphatic heterocycles. The summed E-state index contributed by atoms with van der Waals surface area (Å²) in [6.07, 6.45) is -13.0. The minimum Gasteiger partial charge on any atom is -0.494 e. The van der Waals surface area contributed by atoms with E-state index in [1.165, 1.54) is 18.2 Å². The van der Waals surface area contributed by atoms with E-state index in [2.05, 4.69) is 5.10 Å². The topological polar surface area (TPSA) is 45.1 Å². The third kappa shape index (κ3) is 5.17. The van der Waals surface area contributed by atoms with Crippen molar-refractivity contribution in [3.05, 3.63) is 82.3 Å². The number of nitrogens with zero attached hydrogens (tertiary/aromatic N) is 2. The van der Waals surface area contributed by atoms with Crippen molar-refractivity contribution in [3.8, 4) is 16.9 Å². The Morgan fingerprint density at radius 1 is 0.921 bits per heavy atom. The highest BCUT2D eigenvalue weighted by molar-refractivity contribution is 6.36. The minimum atomic E-state index is -6.07. The second kappa shape index (κ2) is 10.3. The molecular formula is C26H20Cl2F6N2O2. The minimum absolute atomic E-state index is 0.0243. The smallest absolute Gasteiger partial charge is 0.431 e. The van der Waals surface area contributed by atoms with Crippen LogP contribution >= 0.6 is 23.2 Å². The Kier molecular flexibility index (Phi) is 7.62. The largest absolute Gasteiger partial charge is 0.494 e. The molecule has 3 aromatic rings. The molecule has 1 aliphatic rings. The quantitative estimate of drug-likeness (QED) is 0.301. The van der Waals surface area contributed by atoms with Gasteiger partial charge in [-0.3, -0.25) is 5.01 Å². The lowest BCUT2D eigenvalue weighted by Gasteiger charge is -2.32. The molecule has 0 aliphatic carbocycles. The van der Waals surface area contributed by atoms with Crippen LogP contribution in [0.15, 0.2) is 71.8 Å². The van der Waals surface area contributed by atoms with Crippen molar-refractivity contribution in [3.63, 3.8) is 0 Å². The van der Waals surface area contributed by atoms with Crippen molar-refractivity contribution >= 4 is 34.6 Å². The van der Waals surface area contributed by atoms with Crippen molar-refractivity contribution in [1.29, 1.82) is 0 Å². The Bertz CT molecular complexity index is 1330. The molecule has 1 atom stereocenters. The zero-order valence-electron chi connectivity index (χ0n) is 19.6. The zero-order chi connectivity index (χ0) is 27.9. The van der Waals surface area contributed by atoms with Gasteiger partial charge in [0.25, 0.3) is 5.60 Å². The van der Waals surface area contributed by atoms with Crippen LogP contribution in [0.3, 0.4) is 0 Å². The van der Waals surface area contributed by atoms with E-state index >= 15 is 0 Å². The van der Waals surface area contributed by atoms with Gasteiger partial charge in [-0.25, -0.2) is 0 Å². The lowest BCUT2D eigenvalue weighted by Crippen LogP contribution is -2.62. The Labute approximate surface area is 224 Å². The molecule has 4 nitrogen and oxygen atoms in total. The first-order chi connectivity index (χ1) is 17.8. The van der Waals surface area contributed by atoms with E-state index in [1.54, 1.807) is 36.4 Å². The Morgan fingerprint density at radius 3 is 2.16 bits per heavy atom. The Hall–Kier alpha value is -2.95. The molecule has 0 spiro atoms. The van der Waals surface area contributed by atoms with Crippen LogP contribution in [-0.4, -0.2) is 35.4 Å². The van der Waals surface area contributed by atoms with Crippen molar-refractivity contribution in [2.24, 2.45) is 5.10 Å². The van der Waals surface area contributed by atoms with Crippen molar-refractivity contribution in [1.82, 2.24) is 0 Å². The average Bonchev–Trinajstić information content (AvgIpc) is 3.28. The zero-order valence-corrected chi connectivity index (χ0v) is 21.1. The first-order valence-corrected chi connectivity index (χ1v) is 12.0. The summed E-state index contributed by atoms with van der Waals surface area (Å²) in [5.74, 6) is 0.644. The van der Waals surface area contributed by atoms with Gasteiger partial charge in [-0.1, -0.05) is 59.6 Å². The summed E-state index contributed by atoms with van der Waals surface area (Å²) in [6.45, 7) is 2.31. The highest BCUT2D eigenvalue weighted by Crippen LogP contribution is 2.49. The van der Waals surface area contributed by atoms with Gasteiger partial charge in [0, 0.05) is 11.4 Å². The van der Waals surface area contributed by atoms with Crippen LogP contribution in [0.4, 0.5) is 32.0 Å². The van der Waals surface area contributed by atoms with Gasteiger partial charge >= 0.3 is 12.4 Å². The van der Waals surface area contributed by atoms with Crippen LogP contribution in [-0.2, 0) is 0 Å². The molecule has 4 rings (SSSR count). The fourth-order valence-corrected chi connectivity index (χ4v) is 4.69. The van der Waals surface area contributed by atoms with E-state index in [0.29, 0.717) is 17.9 Å². The van der Waals surface area contributed by atoms with Gasteiger partial charge in [0.2, 0.25) is 0 Å². The molecule has 38 heavy (non-hydrogen) atoms. The van der Waals surface area contributed by atoms with E-state index < -0.39 is 36.1 Å². The van der Waals surface area contributed by atoms with Crippen LogP contribution < -0.4 is 9.75 Å². The summed E-state index contributed by atoms with van der Waals surface area (Å²) < 4.78 is 87.4. The summed E-state index contributed by atoms with van der Waals surface area (Å²) in [5, 5.41) is 14.8. The van der Waals surface area contributed by atoms with E-state index in [9.17, 15) is 31.4 Å². The van der Waals surface area contributed by atoms with Crippen LogP contribution in [0, 0.1) is 0 Å². The van der Waals surface area contributed by atoms with Gasteiger partial charge in [-0.15, -0.1) is 0 Å². The number of halogens is 8. The summed E-state index contributed by atoms with van der Waals surface area (Å²) in [6, 6.07) is 16.6. The monoisotopic (exact) mass is 576 g/mol. The molecule has 0 bridgehead atoms. The molecule has 0 aromatic heterocycles. The predicted molar refractivity (Wildman–Crippen MR) is 134 cm³/mol. The number of ether oxygens (including phenoxy) is 1. The predicted octanol–water partition coefficient (Wildman–Crippen LogP) is 8.22. The lowest BCUT2D eigenvalue weighted by atomic mass is 9.89. The van der Waals surface area contributed by atoms with Crippen molar-refractivity contribution < 1.29 is 36.2 Å². The number of hydrogen-bond acceptors (Lipinski definition) is 4. The van der Waals surface area contributed by atoms with Crippen molar-refractivity contribution in [2.75, 3.05) is 11.6 Å². The number of alkyl halides is 6. The van der Waals surface area contributed by atoms with E-state index in [-0.39, 0.29) is 15.7 Å². The molecule has 0 amide bonds. The molecule has 0 saturated heterocycles. The van der Waals surface area contributed by atoms with Crippen LogP contribution in [0.1, 0.15) is 24.9 Å². The number of anilines is 1. The maximum absolute atomic E-state index is 13.6. The van der Waals surface area contributed by atoms with Gasteiger partial charge < -0.3 is 9.84 Å². The average molecular weight is 577 g/mol. The normalized spacial score (nSPS) is 16.5.